The molecule has 0 saturated heterocycles. The summed E-state index contributed by atoms with van der Waals surface area (Å²) in [7, 11) is 1.59. The molecule has 0 fully saturated rings. The molecule has 0 radical (unpaired) electrons. The second kappa shape index (κ2) is 14.1. The lowest BCUT2D eigenvalue weighted by molar-refractivity contribution is 0.102. The normalized spacial score (nSPS) is 11.2. The first-order valence-electron chi connectivity index (χ1n) is 15.4. The van der Waals surface area contributed by atoms with E-state index >= 15 is 0 Å². The molecule has 0 atom stereocenters. The van der Waals surface area contributed by atoms with Gasteiger partial charge in [-0.05, 0) is 72.3 Å². The van der Waals surface area contributed by atoms with Crippen LogP contribution < -0.4 is 20.1 Å². The van der Waals surface area contributed by atoms with Gasteiger partial charge in [-0.15, -0.1) is 0 Å². The van der Waals surface area contributed by atoms with Gasteiger partial charge in [0.2, 0.25) is 0 Å². The molecule has 9 nitrogen and oxygen atoms in total. The molecule has 244 valence electrons. The molecule has 0 spiro atoms. The predicted molar refractivity (Wildman–Crippen MR) is 190 cm³/mol. The number of para-hydroxylation sites is 1. The number of ether oxygens (including phenoxy) is 3. The number of rotatable bonds is 11. The monoisotopic (exact) mass is 673 g/mol. The van der Waals surface area contributed by atoms with Crippen LogP contribution in [0.1, 0.15) is 15.9 Å². The topological polar surface area (TPSA) is 107 Å². The molecule has 7 aromatic rings. The van der Waals surface area contributed by atoms with Crippen LogP contribution in [0.2, 0.25) is 5.02 Å². The van der Waals surface area contributed by atoms with Gasteiger partial charge < -0.3 is 24.8 Å². The van der Waals surface area contributed by atoms with Crippen LogP contribution in [0.5, 0.6) is 11.5 Å². The Balaban J connectivity index is 1.16. The van der Waals surface area contributed by atoms with Crippen molar-refractivity contribution >= 4 is 67.4 Å². The van der Waals surface area contributed by atoms with E-state index in [4.69, 9.17) is 30.8 Å². The van der Waals surface area contributed by atoms with Crippen LogP contribution in [0, 0.1) is 5.82 Å². The van der Waals surface area contributed by atoms with Crippen molar-refractivity contribution in [1.29, 1.82) is 0 Å². The summed E-state index contributed by atoms with van der Waals surface area (Å²) in [5, 5.41) is 9.15. The molecule has 1 amide bonds. The number of carbonyl (C=O) groups excluding carboxylic acids is 1. The number of anilines is 3. The first kappa shape index (κ1) is 31.7. The third-order valence-electron chi connectivity index (χ3n) is 7.79. The fourth-order valence-corrected chi connectivity index (χ4v) is 5.61. The van der Waals surface area contributed by atoms with E-state index in [1.165, 1.54) is 18.5 Å². The van der Waals surface area contributed by atoms with Gasteiger partial charge in [-0.1, -0.05) is 41.9 Å². The van der Waals surface area contributed by atoms with Crippen LogP contribution in [0.25, 0.3) is 32.7 Å². The maximum atomic E-state index is 13.6. The molecule has 49 heavy (non-hydrogen) atoms. The molecule has 0 aliphatic rings. The summed E-state index contributed by atoms with van der Waals surface area (Å²) in [5.74, 6) is 0.707. The minimum absolute atomic E-state index is 0.164. The number of hydrogen-bond donors (Lipinski definition) is 2. The molecule has 5 aromatic carbocycles. The number of benzene rings is 5. The number of halogens is 2. The van der Waals surface area contributed by atoms with Gasteiger partial charge in [0.1, 0.15) is 42.7 Å². The Hall–Kier alpha value is -5.84. The molecule has 11 heteroatoms. The number of fused-ring (bicyclic) bond motifs is 3. The zero-order valence-corrected chi connectivity index (χ0v) is 27.0. The quantitative estimate of drug-likeness (QED) is 0.104. The van der Waals surface area contributed by atoms with E-state index in [-0.39, 0.29) is 24.9 Å². The van der Waals surface area contributed by atoms with Crippen LogP contribution in [0.3, 0.4) is 0 Å². The SMILES string of the molecule is COCCOc1cc2ncnc(Nc3ccc(OCc4cccc(F)c4)c(Cl)c3)c2cc1NC(=O)c1ccc2nc3ccccc3cc2c1. The van der Waals surface area contributed by atoms with Gasteiger partial charge in [-0.3, -0.25) is 4.79 Å². The zero-order chi connectivity index (χ0) is 33.7. The summed E-state index contributed by atoms with van der Waals surface area (Å²) < 4.78 is 30.6. The highest BCUT2D eigenvalue weighted by Gasteiger charge is 2.16. The number of carbonyl (C=O) groups is 1. The van der Waals surface area contributed by atoms with Gasteiger partial charge in [0.15, 0.2) is 0 Å². The number of methoxy groups -OCH3 is 1. The molecule has 0 aliphatic heterocycles. The molecule has 0 bridgehead atoms. The molecular formula is C38H29ClFN5O4. The maximum absolute atomic E-state index is 13.6. The Morgan fingerprint density at radius 1 is 0.796 bits per heavy atom. The molecule has 0 aliphatic carbocycles. The first-order valence-corrected chi connectivity index (χ1v) is 15.8. The van der Waals surface area contributed by atoms with Crippen molar-refractivity contribution in [3.63, 3.8) is 0 Å². The van der Waals surface area contributed by atoms with Crippen LogP contribution in [0.4, 0.5) is 21.6 Å². The molecule has 7 rings (SSSR count). The average Bonchev–Trinajstić information content (AvgIpc) is 3.10. The highest BCUT2D eigenvalue weighted by molar-refractivity contribution is 6.32. The Morgan fingerprint density at radius 3 is 2.53 bits per heavy atom. The molecule has 2 heterocycles. The number of amides is 1. The van der Waals surface area contributed by atoms with E-state index < -0.39 is 0 Å². The summed E-state index contributed by atoms with van der Waals surface area (Å²) in [4.78, 5) is 27.3. The van der Waals surface area contributed by atoms with Crippen LogP contribution in [0.15, 0.2) is 109 Å². The lowest BCUT2D eigenvalue weighted by Crippen LogP contribution is -2.14. The van der Waals surface area contributed by atoms with E-state index in [9.17, 15) is 9.18 Å². The van der Waals surface area contributed by atoms with Crippen molar-refractivity contribution in [2.45, 2.75) is 6.61 Å². The van der Waals surface area contributed by atoms with Gasteiger partial charge >= 0.3 is 0 Å². The van der Waals surface area contributed by atoms with E-state index in [1.807, 2.05) is 42.5 Å². The van der Waals surface area contributed by atoms with Gasteiger partial charge in [-0.2, -0.15) is 0 Å². The van der Waals surface area contributed by atoms with Crippen LogP contribution in [-0.4, -0.2) is 41.2 Å². The highest BCUT2D eigenvalue weighted by atomic mass is 35.5. The Bertz CT molecular complexity index is 2340. The summed E-state index contributed by atoms with van der Waals surface area (Å²) in [6.45, 7) is 0.787. The van der Waals surface area contributed by atoms with E-state index in [0.29, 0.717) is 62.4 Å². The van der Waals surface area contributed by atoms with Crippen molar-refractivity contribution in [2.24, 2.45) is 0 Å². The van der Waals surface area contributed by atoms with E-state index in [2.05, 4.69) is 20.6 Å². The van der Waals surface area contributed by atoms with Gasteiger partial charge in [0.25, 0.3) is 5.91 Å². The number of nitrogens with zero attached hydrogens (tertiary/aromatic N) is 3. The van der Waals surface area contributed by atoms with Crippen LogP contribution in [-0.2, 0) is 11.3 Å². The summed E-state index contributed by atoms with van der Waals surface area (Å²) in [6.07, 6.45) is 1.44. The van der Waals surface area contributed by atoms with E-state index in [0.717, 1.165) is 21.8 Å². The fourth-order valence-electron chi connectivity index (χ4n) is 5.37. The third-order valence-corrected chi connectivity index (χ3v) is 8.08. The third kappa shape index (κ3) is 7.20. The van der Waals surface area contributed by atoms with Gasteiger partial charge in [0, 0.05) is 40.6 Å². The number of aromatic nitrogens is 3. The van der Waals surface area contributed by atoms with Crippen molar-refractivity contribution < 1.29 is 23.4 Å². The second-order valence-electron chi connectivity index (χ2n) is 11.2. The Kier molecular flexibility index (Phi) is 9.14. The lowest BCUT2D eigenvalue weighted by atomic mass is 10.1. The number of pyridine rings is 1. The molecular weight excluding hydrogens is 645 g/mol. The second-order valence-corrected chi connectivity index (χ2v) is 11.6. The summed E-state index contributed by atoms with van der Waals surface area (Å²) in [6, 6.07) is 30.2. The van der Waals surface area contributed by atoms with Crippen molar-refractivity contribution in [2.75, 3.05) is 31.0 Å². The zero-order valence-electron chi connectivity index (χ0n) is 26.2. The Morgan fingerprint density at radius 2 is 1.67 bits per heavy atom. The Labute approximate surface area is 285 Å². The standard InChI is InChI=1S/C38H29ClFN5O4/c1-47-13-14-48-36-20-33-29(19-34(36)45-38(46)25-9-11-32-26(17-25)16-24-6-2-3-8-31(24)44-32)37(42-22-41-33)43-28-10-12-35(30(39)18-28)49-21-23-5-4-7-27(40)15-23/h2-12,15-20,22H,13-14,21H2,1H3,(H,45,46)(H,41,42,43). The lowest BCUT2D eigenvalue weighted by Gasteiger charge is -2.16. The first-order chi connectivity index (χ1) is 23.9. The fraction of sp³-hybridized carbons (Fsp3) is 0.105. The predicted octanol–water partition coefficient (Wildman–Crippen LogP) is 8.72. The van der Waals surface area contributed by atoms with Gasteiger partial charge in [0.05, 0.1) is 33.9 Å². The minimum atomic E-state index is -0.333. The molecule has 2 N–H and O–H groups in total. The number of nitrogens with one attached hydrogen (secondary N) is 2. The largest absolute Gasteiger partial charge is 0.489 e. The molecule has 0 unspecified atom stereocenters. The van der Waals surface area contributed by atoms with Crippen molar-refractivity contribution in [1.82, 2.24) is 15.0 Å². The molecule has 0 saturated carbocycles. The molecule has 2 aromatic heterocycles. The average molecular weight is 674 g/mol. The van der Waals surface area contributed by atoms with Crippen molar-refractivity contribution in [3.8, 4) is 11.5 Å². The summed E-state index contributed by atoms with van der Waals surface area (Å²) in [5.41, 5.74) is 4.50. The smallest absolute Gasteiger partial charge is 0.255 e. The summed E-state index contributed by atoms with van der Waals surface area (Å²) >= 11 is 6.55. The highest BCUT2D eigenvalue weighted by Crippen LogP contribution is 2.35. The van der Waals surface area contributed by atoms with Gasteiger partial charge in [-0.25, -0.2) is 19.3 Å². The van der Waals surface area contributed by atoms with Crippen LogP contribution >= 0.6 is 11.6 Å². The van der Waals surface area contributed by atoms with Crippen molar-refractivity contribution in [3.05, 3.63) is 131 Å². The number of hydrogen-bond acceptors (Lipinski definition) is 8. The minimum Gasteiger partial charge on any atom is -0.489 e. The maximum Gasteiger partial charge on any atom is 0.255 e. The van der Waals surface area contributed by atoms with E-state index in [1.54, 1.807) is 55.6 Å².